The summed E-state index contributed by atoms with van der Waals surface area (Å²) in [5.41, 5.74) is 5.91. The molecule has 0 radical (unpaired) electrons. The van der Waals surface area contributed by atoms with E-state index in [0.29, 0.717) is 0 Å². The lowest BCUT2D eigenvalue weighted by atomic mass is 9.79. The third-order valence-corrected chi connectivity index (χ3v) is 5.61. The molecule has 0 bridgehead atoms. The first-order valence-corrected chi connectivity index (χ1v) is 8.29. The zero-order valence-corrected chi connectivity index (χ0v) is 11.7. The summed E-state index contributed by atoms with van der Waals surface area (Å²) >= 11 is 0. The molecule has 2 heteroatoms. The Balaban J connectivity index is 1.39. The molecular weight excluding hydrogens is 220 g/mol. The zero-order valence-electron chi connectivity index (χ0n) is 11.7. The number of nitrogens with two attached hydrogens (primary N) is 1. The van der Waals surface area contributed by atoms with Crippen LogP contribution in [0.4, 0.5) is 0 Å². The lowest BCUT2D eigenvalue weighted by molar-refractivity contribution is 0.229. The van der Waals surface area contributed by atoms with E-state index in [4.69, 9.17) is 5.73 Å². The minimum absolute atomic E-state index is 0.798. The molecule has 0 spiro atoms. The molecule has 18 heavy (non-hydrogen) atoms. The first-order chi connectivity index (χ1) is 8.88. The molecular formula is C16H30N2. The predicted octanol–water partition coefficient (Wildman–Crippen LogP) is 2.78. The first-order valence-electron chi connectivity index (χ1n) is 8.29. The second kappa shape index (κ2) is 5.92. The molecule has 2 unspecified atom stereocenters. The van der Waals surface area contributed by atoms with Gasteiger partial charge >= 0.3 is 0 Å². The van der Waals surface area contributed by atoms with Crippen molar-refractivity contribution >= 4 is 0 Å². The van der Waals surface area contributed by atoms with Gasteiger partial charge in [0, 0.05) is 0 Å². The van der Waals surface area contributed by atoms with Crippen LogP contribution in [0.3, 0.4) is 0 Å². The number of rotatable bonds is 7. The van der Waals surface area contributed by atoms with E-state index in [0.717, 1.165) is 36.1 Å². The highest BCUT2D eigenvalue weighted by Crippen LogP contribution is 2.48. The van der Waals surface area contributed by atoms with E-state index in [-0.39, 0.29) is 0 Å². The van der Waals surface area contributed by atoms with Crippen LogP contribution in [0.1, 0.15) is 51.4 Å². The van der Waals surface area contributed by atoms with Crippen LogP contribution in [0.15, 0.2) is 0 Å². The van der Waals surface area contributed by atoms with Gasteiger partial charge in [0.15, 0.2) is 0 Å². The summed E-state index contributed by atoms with van der Waals surface area (Å²) < 4.78 is 0. The highest BCUT2D eigenvalue weighted by molar-refractivity contribution is 4.92. The quantitative estimate of drug-likeness (QED) is 0.729. The molecule has 2 nitrogen and oxygen atoms in total. The Morgan fingerprint density at radius 2 is 1.50 bits per heavy atom. The molecule has 3 aliphatic carbocycles. The number of nitrogens with one attached hydrogen (secondary N) is 1. The van der Waals surface area contributed by atoms with E-state index in [2.05, 4.69) is 5.32 Å². The van der Waals surface area contributed by atoms with Gasteiger partial charge in [-0.05, 0) is 87.7 Å². The van der Waals surface area contributed by atoms with Gasteiger partial charge in [-0.1, -0.05) is 12.8 Å². The second-order valence-electron chi connectivity index (χ2n) is 7.04. The Bertz CT molecular complexity index is 246. The van der Waals surface area contributed by atoms with Crippen LogP contribution in [-0.4, -0.2) is 19.6 Å². The molecule has 0 aromatic heterocycles. The van der Waals surface area contributed by atoms with Gasteiger partial charge in [-0.15, -0.1) is 0 Å². The smallest absolute Gasteiger partial charge is 0.00151 e. The molecule has 0 amide bonds. The van der Waals surface area contributed by atoms with Gasteiger partial charge in [0.1, 0.15) is 0 Å². The Morgan fingerprint density at radius 3 is 2.06 bits per heavy atom. The van der Waals surface area contributed by atoms with E-state index >= 15 is 0 Å². The number of hydrogen-bond donors (Lipinski definition) is 2. The van der Waals surface area contributed by atoms with Gasteiger partial charge < -0.3 is 11.1 Å². The van der Waals surface area contributed by atoms with Crippen LogP contribution in [0.5, 0.6) is 0 Å². The summed E-state index contributed by atoms with van der Waals surface area (Å²) in [6.45, 7) is 3.43. The maximum absolute atomic E-state index is 5.91. The summed E-state index contributed by atoms with van der Waals surface area (Å²) in [5, 5.41) is 3.81. The van der Waals surface area contributed by atoms with Crippen molar-refractivity contribution in [2.24, 2.45) is 35.3 Å². The fourth-order valence-electron chi connectivity index (χ4n) is 4.07. The summed E-state index contributed by atoms with van der Waals surface area (Å²) in [6.07, 6.45) is 11.7. The summed E-state index contributed by atoms with van der Waals surface area (Å²) in [7, 11) is 0. The minimum Gasteiger partial charge on any atom is -0.330 e. The van der Waals surface area contributed by atoms with E-state index in [1.807, 2.05) is 0 Å². The molecule has 3 aliphatic rings. The van der Waals surface area contributed by atoms with Gasteiger partial charge in [0.2, 0.25) is 0 Å². The van der Waals surface area contributed by atoms with Crippen LogP contribution < -0.4 is 11.1 Å². The third kappa shape index (κ3) is 3.27. The van der Waals surface area contributed by atoms with E-state index in [1.54, 1.807) is 0 Å². The van der Waals surface area contributed by atoms with E-state index < -0.39 is 0 Å². The van der Waals surface area contributed by atoms with E-state index in [9.17, 15) is 0 Å². The molecule has 3 saturated carbocycles. The van der Waals surface area contributed by atoms with Crippen molar-refractivity contribution in [1.82, 2.24) is 5.32 Å². The fraction of sp³-hybridized carbons (Fsp3) is 1.00. The number of hydrogen-bond acceptors (Lipinski definition) is 2. The summed E-state index contributed by atoms with van der Waals surface area (Å²) in [4.78, 5) is 0. The molecule has 3 N–H and O–H groups in total. The van der Waals surface area contributed by atoms with Gasteiger partial charge in [-0.25, -0.2) is 0 Å². The largest absolute Gasteiger partial charge is 0.330 e. The van der Waals surface area contributed by atoms with Crippen molar-refractivity contribution in [3.05, 3.63) is 0 Å². The van der Waals surface area contributed by atoms with Gasteiger partial charge in [-0.2, -0.15) is 0 Å². The van der Waals surface area contributed by atoms with Crippen molar-refractivity contribution in [3.63, 3.8) is 0 Å². The normalized spacial score (nSPS) is 33.0. The highest BCUT2D eigenvalue weighted by atomic mass is 14.9. The van der Waals surface area contributed by atoms with Crippen LogP contribution in [0.25, 0.3) is 0 Å². The Hall–Kier alpha value is -0.0800. The molecule has 0 aromatic carbocycles. The van der Waals surface area contributed by atoms with Crippen LogP contribution in [0.2, 0.25) is 0 Å². The van der Waals surface area contributed by atoms with Crippen molar-refractivity contribution in [1.29, 1.82) is 0 Å². The molecule has 0 aromatic rings. The Morgan fingerprint density at radius 1 is 0.889 bits per heavy atom. The highest BCUT2D eigenvalue weighted by Gasteiger charge is 2.40. The molecule has 104 valence electrons. The Labute approximate surface area is 112 Å². The van der Waals surface area contributed by atoms with Crippen LogP contribution >= 0.6 is 0 Å². The lowest BCUT2D eigenvalue weighted by Crippen LogP contribution is -2.36. The first kappa shape index (κ1) is 12.9. The van der Waals surface area contributed by atoms with Crippen molar-refractivity contribution < 1.29 is 0 Å². The van der Waals surface area contributed by atoms with Crippen LogP contribution in [0, 0.1) is 29.6 Å². The van der Waals surface area contributed by atoms with Crippen molar-refractivity contribution in [2.45, 2.75) is 51.4 Å². The summed E-state index contributed by atoms with van der Waals surface area (Å²) in [5.74, 6) is 4.85. The van der Waals surface area contributed by atoms with Gasteiger partial charge in [-0.3, -0.25) is 0 Å². The maximum atomic E-state index is 5.91. The SMILES string of the molecule is NCC1CCCCC1CNCC(C1CC1)C1CC1. The molecule has 0 heterocycles. The topological polar surface area (TPSA) is 38.0 Å². The summed E-state index contributed by atoms with van der Waals surface area (Å²) in [6, 6.07) is 0. The van der Waals surface area contributed by atoms with Crippen molar-refractivity contribution in [3.8, 4) is 0 Å². The Kier molecular flexibility index (Phi) is 4.25. The average Bonchev–Trinajstić information content (AvgIpc) is 3.28. The molecule has 0 saturated heterocycles. The van der Waals surface area contributed by atoms with Crippen LogP contribution in [-0.2, 0) is 0 Å². The van der Waals surface area contributed by atoms with Gasteiger partial charge in [0.05, 0.1) is 0 Å². The minimum atomic E-state index is 0.798. The zero-order chi connectivity index (χ0) is 12.4. The molecule has 3 fully saturated rings. The predicted molar refractivity (Wildman–Crippen MR) is 76.3 cm³/mol. The monoisotopic (exact) mass is 250 g/mol. The fourth-order valence-corrected chi connectivity index (χ4v) is 4.07. The van der Waals surface area contributed by atoms with E-state index in [1.165, 1.54) is 64.5 Å². The molecule has 2 atom stereocenters. The maximum Gasteiger partial charge on any atom is -0.00151 e. The van der Waals surface area contributed by atoms with Gasteiger partial charge in [0.25, 0.3) is 0 Å². The molecule has 3 rings (SSSR count). The lowest BCUT2D eigenvalue weighted by Gasteiger charge is -2.31. The third-order valence-electron chi connectivity index (χ3n) is 5.61. The average molecular weight is 250 g/mol. The second-order valence-corrected chi connectivity index (χ2v) is 7.04. The standard InChI is InChI=1S/C16H30N2/c17-9-14-3-1-2-4-15(14)10-18-11-16(12-5-6-12)13-7-8-13/h12-16,18H,1-11,17H2. The molecule has 0 aliphatic heterocycles. The van der Waals surface area contributed by atoms with Crippen molar-refractivity contribution in [2.75, 3.05) is 19.6 Å².